The second-order valence-corrected chi connectivity index (χ2v) is 11.2. The van der Waals surface area contributed by atoms with Gasteiger partial charge in [0, 0.05) is 43.6 Å². The fraction of sp³-hybridized carbons (Fsp3) is 0.478. The lowest BCUT2D eigenvalue weighted by Gasteiger charge is -2.47. The van der Waals surface area contributed by atoms with Gasteiger partial charge < -0.3 is 23.7 Å². The lowest BCUT2D eigenvalue weighted by molar-refractivity contribution is -0.384. The van der Waals surface area contributed by atoms with Crippen molar-refractivity contribution in [1.29, 1.82) is 0 Å². The molecule has 5 rings (SSSR count). The lowest BCUT2D eigenvalue weighted by atomic mass is 10.2. The molecular weight excluding hydrogens is 475 g/mol. The van der Waals surface area contributed by atoms with Gasteiger partial charge in [0.25, 0.3) is 5.69 Å². The van der Waals surface area contributed by atoms with E-state index in [-0.39, 0.29) is 5.69 Å². The number of ether oxygens (including phenoxy) is 5. The van der Waals surface area contributed by atoms with Crippen molar-refractivity contribution in [3.05, 3.63) is 46.5 Å². The van der Waals surface area contributed by atoms with Gasteiger partial charge in [-0.05, 0) is 24.3 Å². The van der Waals surface area contributed by atoms with Crippen molar-refractivity contribution in [2.75, 3.05) is 72.9 Å². The molecule has 0 spiro atoms. The first-order valence-corrected chi connectivity index (χ1v) is 13.3. The van der Waals surface area contributed by atoms with Crippen molar-refractivity contribution >= 4 is 24.0 Å². The van der Waals surface area contributed by atoms with Crippen molar-refractivity contribution in [3.8, 4) is 17.2 Å². The van der Waals surface area contributed by atoms with Crippen LogP contribution in [0.15, 0.2) is 41.1 Å². The number of non-ortho nitro benzene ring substituents is 1. The second kappa shape index (κ2) is 10.5. The van der Waals surface area contributed by atoms with Crippen molar-refractivity contribution in [1.82, 2.24) is 9.34 Å². The van der Waals surface area contributed by atoms with E-state index in [1.54, 1.807) is 13.2 Å². The Kier molecular flexibility index (Phi) is 7.22. The van der Waals surface area contributed by atoms with E-state index in [4.69, 9.17) is 28.4 Å². The molecule has 3 heterocycles. The minimum absolute atomic E-state index is 0.0335. The molecule has 35 heavy (non-hydrogen) atoms. The third-order valence-corrected chi connectivity index (χ3v) is 10.1. The van der Waals surface area contributed by atoms with Crippen LogP contribution in [0.5, 0.6) is 17.2 Å². The third-order valence-electron chi connectivity index (χ3n) is 6.26. The summed E-state index contributed by atoms with van der Waals surface area (Å²) in [5.74, 6) is 1.87. The number of rotatable bonds is 6. The highest BCUT2D eigenvalue weighted by Gasteiger charge is 2.39. The van der Waals surface area contributed by atoms with E-state index in [2.05, 4.69) is 9.34 Å². The van der Waals surface area contributed by atoms with Crippen LogP contribution in [-0.4, -0.2) is 87.2 Å². The number of fused-ring (bicyclic) bond motifs is 1. The molecule has 0 saturated carbocycles. The summed E-state index contributed by atoms with van der Waals surface area (Å²) < 4.78 is 38.8. The molecule has 188 valence electrons. The van der Waals surface area contributed by atoms with Crippen molar-refractivity contribution in [3.63, 3.8) is 0 Å². The van der Waals surface area contributed by atoms with Crippen LogP contribution in [0, 0.1) is 10.1 Å². The normalized spacial score (nSPS) is 19.2. The minimum atomic E-state index is -2.66. The monoisotopic (exact) mass is 504 g/mol. The lowest BCUT2D eigenvalue weighted by Crippen LogP contribution is -2.46. The maximum atomic E-state index is 11.6. The van der Waals surface area contributed by atoms with Gasteiger partial charge in [-0.25, -0.2) is 14.1 Å². The number of nitro groups is 1. The van der Waals surface area contributed by atoms with Gasteiger partial charge in [0.2, 0.25) is 0 Å². The first kappa shape index (κ1) is 24.0. The van der Waals surface area contributed by atoms with Gasteiger partial charge in [0.1, 0.15) is 32.0 Å². The Labute approximate surface area is 203 Å². The van der Waals surface area contributed by atoms with Gasteiger partial charge in [0.05, 0.1) is 38.5 Å². The maximum Gasteiger partial charge on any atom is 0.271 e. The SMILES string of the molecule is COc1ccc([N+](=O)[O-])cc1N=P(c1ccc2c(c1)OCCO2)(N1CCOCC1)N1CCOCC1. The van der Waals surface area contributed by atoms with Gasteiger partial charge in [-0.15, -0.1) is 0 Å². The smallest absolute Gasteiger partial charge is 0.271 e. The average Bonchev–Trinajstić information content (AvgIpc) is 2.92. The number of morpholine rings is 2. The predicted octanol–water partition coefficient (Wildman–Crippen LogP) is 3.03. The Balaban J connectivity index is 1.78. The number of benzene rings is 2. The highest BCUT2D eigenvalue weighted by molar-refractivity contribution is 7.69. The summed E-state index contributed by atoms with van der Waals surface area (Å²) in [4.78, 5) is 11.2. The van der Waals surface area contributed by atoms with E-state index in [0.29, 0.717) is 88.8 Å². The molecule has 2 fully saturated rings. The zero-order valence-corrected chi connectivity index (χ0v) is 20.5. The molecule has 11 nitrogen and oxygen atoms in total. The van der Waals surface area contributed by atoms with Crippen LogP contribution in [0.1, 0.15) is 0 Å². The molecule has 0 radical (unpaired) electrons. The molecule has 3 aliphatic heterocycles. The van der Waals surface area contributed by atoms with Gasteiger partial charge >= 0.3 is 0 Å². The predicted molar refractivity (Wildman–Crippen MR) is 131 cm³/mol. The second-order valence-electron chi connectivity index (χ2n) is 8.24. The summed E-state index contributed by atoms with van der Waals surface area (Å²) in [6.45, 7) is 6.04. The molecular formula is C23H29N4O7P. The molecule has 0 N–H and O–H groups in total. The molecule has 0 amide bonds. The number of methoxy groups -OCH3 is 1. The highest BCUT2D eigenvalue weighted by Crippen LogP contribution is 2.59. The van der Waals surface area contributed by atoms with Gasteiger partial charge in [-0.3, -0.25) is 10.1 Å². The standard InChI is InChI=1S/C23H29N4O7P/c1-30-21-4-2-18(27(28)29)16-20(21)24-35(25-6-10-31-11-7-25,26-8-12-32-13-9-26)19-3-5-22-23(17-19)34-15-14-33-22/h2-5,16-17H,6-15H2,1H3. The van der Waals surface area contributed by atoms with Crippen LogP contribution in [0.3, 0.4) is 0 Å². The van der Waals surface area contributed by atoms with Crippen LogP contribution in [0.4, 0.5) is 11.4 Å². The summed E-state index contributed by atoms with van der Waals surface area (Å²) >= 11 is 0. The number of nitrogens with zero attached hydrogens (tertiary/aromatic N) is 4. The summed E-state index contributed by atoms with van der Waals surface area (Å²) in [6, 6.07) is 10.5. The molecule has 2 aromatic carbocycles. The van der Waals surface area contributed by atoms with Crippen molar-refractivity contribution in [2.45, 2.75) is 0 Å². The molecule has 0 aliphatic carbocycles. The van der Waals surface area contributed by atoms with Crippen molar-refractivity contribution < 1.29 is 28.6 Å². The first-order valence-electron chi connectivity index (χ1n) is 11.6. The first-order chi connectivity index (χ1) is 17.1. The Morgan fingerprint density at radius 1 is 0.886 bits per heavy atom. The summed E-state index contributed by atoms with van der Waals surface area (Å²) in [7, 11) is -1.11. The van der Waals surface area contributed by atoms with E-state index < -0.39 is 12.3 Å². The van der Waals surface area contributed by atoms with E-state index in [9.17, 15) is 10.1 Å². The molecule has 0 atom stereocenters. The molecule has 3 aliphatic rings. The van der Waals surface area contributed by atoms with Crippen LogP contribution < -0.4 is 19.5 Å². The molecule has 0 aromatic heterocycles. The fourth-order valence-electron chi connectivity index (χ4n) is 4.59. The van der Waals surface area contributed by atoms with E-state index in [1.807, 2.05) is 18.2 Å². The number of hydrogen-bond acceptors (Lipinski definition) is 8. The van der Waals surface area contributed by atoms with E-state index in [1.165, 1.54) is 12.1 Å². The topological polar surface area (TPSA) is 108 Å². The minimum Gasteiger partial charge on any atom is -0.494 e. The van der Waals surface area contributed by atoms with Gasteiger partial charge in [-0.2, -0.15) is 0 Å². The Morgan fingerprint density at radius 2 is 1.51 bits per heavy atom. The average molecular weight is 504 g/mol. The summed E-state index contributed by atoms with van der Waals surface area (Å²) in [5.41, 5.74) is 0.414. The van der Waals surface area contributed by atoms with Gasteiger partial charge in [0.15, 0.2) is 11.5 Å². The number of nitro benzene ring substituents is 1. The molecule has 0 unspecified atom stereocenters. The maximum absolute atomic E-state index is 11.6. The zero-order chi connectivity index (χ0) is 24.3. The molecule has 2 saturated heterocycles. The molecule has 0 bridgehead atoms. The zero-order valence-electron chi connectivity index (χ0n) is 19.6. The van der Waals surface area contributed by atoms with Crippen LogP contribution in [0.25, 0.3) is 0 Å². The van der Waals surface area contributed by atoms with Crippen LogP contribution in [0.2, 0.25) is 0 Å². The largest absolute Gasteiger partial charge is 0.494 e. The number of hydrogen-bond donors (Lipinski definition) is 0. The van der Waals surface area contributed by atoms with E-state index in [0.717, 1.165) is 5.30 Å². The van der Waals surface area contributed by atoms with Crippen LogP contribution >= 0.6 is 7.36 Å². The van der Waals surface area contributed by atoms with Crippen LogP contribution in [-0.2, 0) is 9.47 Å². The van der Waals surface area contributed by atoms with E-state index >= 15 is 0 Å². The third kappa shape index (κ3) is 4.74. The quantitative estimate of drug-likeness (QED) is 0.333. The highest BCUT2D eigenvalue weighted by atomic mass is 31.2. The Hall–Kier alpha value is -2.69. The summed E-state index contributed by atoms with van der Waals surface area (Å²) in [6.07, 6.45) is 0. The Morgan fingerprint density at radius 3 is 2.11 bits per heavy atom. The van der Waals surface area contributed by atoms with Gasteiger partial charge in [-0.1, -0.05) is 0 Å². The summed E-state index contributed by atoms with van der Waals surface area (Å²) in [5, 5.41) is 12.6. The molecule has 12 heteroatoms. The molecule has 2 aromatic rings. The Bertz CT molecular complexity index is 1110. The van der Waals surface area contributed by atoms with Crippen molar-refractivity contribution in [2.24, 2.45) is 4.74 Å². The fourth-order valence-corrected chi connectivity index (χ4v) is 8.44.